The number of carbonyl (C=O) groups is 8. The Hall–Kier alpha value is -7.08. The number of nitrogens with zero attached hydrogens (tertiary/aromatic N) is 1. The fraction of sp³-hybridized carbons (Fsp3) is 0.122. The monoisotopic (exact) mass is 712 g/mol. The zero-order valence-electron chi connectivity index (χ0n) is 29.1. The van der Waals surface area contributed by atoms with E-state index in [-0.39, 0.29) is 56.0 Å². The van der Waals surface area contributed by atoms with Gasteiger partial charge in [-0.05, 0) is 79.6 Å². The van der Waals surface area contributed by atoms with Crippen LogP contribution in [-0.4, -0.2) is 52.7 Å². The van der Waals surface area contributed by atoms with Crippen molar-refractivity contribution in [1.29, 1.82) is 0 Å². The minimum atomic E-state index is -0.867. The molecular weight excluding hydrogens is 680 g/mol. The number of hydrogen-bond donors (Lipinski definition) is 1. The van der Waals surface area contributed by atoms with Gasteiger partial charge >= 0.3 is 11.9 Å². The minimum Gasteiger partial charge on any atom is -0.423 e. The number of hydrogen-bond acceptors (Lipinski definition) is 10. The van der Waals surface area contributed by atoms with E-state index in [1.165, 1.54) is 50.2 Å². The lowest BCUT2D eigenvalue weighted by molar-refractivity contribution is -0.122. The number of amides is 5. The maximum absolute atomic E-state index is 13.0. The standard InChI is InChI=1S/C41H32N2O10/c1-22(2)34(45)42-35(46)32-19-24(7-8-26(32)21-44)39(50)52-29-14-10-27(11-15-29)41(5,6)28-12-16-30(17-13-28)53-40(51)25-9-18-31-33(20-25)38(49)43(37(31)48)36(47)23(3)4/h7-21H,1,3H2,2,4-6H3,(H,42,45,46). The third-order valence-corrected chi connectivity index (χ3v) is 8.54. The quantitative estimate of drug-likeness (QED) is 0.0698. The highest BCUT2D eigenvalue weighted by atomic mass is 16.5. The molecule has 4 aromatic carbocycles. The lowest BCUT2D eigenvalue weighted by Gasteiger charge is -2.26. The first-order valence-electron chi connectivity index (χ1n) is 16.0. The Morgan fingerprint density at radius 1 is 0.679 bits per heavy atom. The van der Waals surface area contributed by atoms with Gasteiger partial charge in [-0.2, -0.15) is 0 Å². The van der Waals surface area contributed by atoms with Crippen LogP contribution in [0.3, 0.4) is 0 Å². The summed E-state index contributed by atoms with van der Waals surface area (Å²) in [5.41, 5.74) is 0.976. The number of ether oxygens (including phenoxy) is 2. The summed E-state index contributed by atoms with van der Waals surface area (Å²) in [5, 5.41) is 2.11. The topological polar surface area (TPSA) is 170 Å². The lowest BCUT2D eigenvalue weighted by atomic mass is 9.78. The summed E-state index contributed by atoms with van der Waals surface area (Å²) in [6, 6.07) is 21.2. The van der Waals surface area contributed by atoms with Crippen molar-refractivity contribution in [2.24, 2.45) is 0 Å². The maximum atomic E-state index is 13.0. The predicted molar refractivity (Wildman–Crippen MR) is 191 cm³/mol. The van der Waals surface area contributed by atoms with Crippen molar-refractivity contribution in [3.05, 3.63) is 154 Å². The van der Waals surface area contributed by atoms with E-state index in [0.717, 1.165) is 11.1 Å². The Morgan fingerprint density at radius 2 is 1.17 bits per heavy atom. The van der Waals surface area contributed by atoms with Crippen LogP contribution in [0.2, 0.25) is 0 Å². The van der Waals surface area contributed by atoms with Crippen LogP contribution in [0.5, 0.6) is 11.5 Å². The molecule has 12 heteroatoms. The fourth-order valence-electron chi connectivity index (χ4n) is 5.38. The van der Waals surface area contributed by atoms with Crippen molar-refractivity contribution in [2.75, 3.05) is 0 Å². The molecule has 0 aromatic heterocycles. The zero-order valence-corrected chi connectivity index (χ0v) is 29.1. The summed E-state index contributed by atoms with van der Waals surface area (Å²) in [6.45, 7) is 13.7. The highest BCUT2D eigenvalue weighted by molar-refractivity contribution is 6.31. The van der Waals surface area contributed by atoms with E-state index in [0.29, 0.717) is 11.2 Å². The molecule has 0 atom stereocenters. The van der Waals surface area contributed by atoms with Crippen LogP contribution in [-0.2, 0) is 15.0 Å². The summed E-state index contributed by atoms with van der Waals surface area (Å²) in [7, 11) is 0. The first-order chi connectivity index (χ1) is 25.0. The van der Waals surface area contributed by atoms with E-state index in [4.69, 9.17) is 9.47 Å². The Labute approximate surface area is 303 Å². The number of fused-ring (bicyclic) bond motifs is 1. The molecule has 266 valence electrons. The van der Waals surface area contributed by atoms with Gasteiger partial charge in [0.1, 0.15) is 11.5 Å². The molecule has 0 aliphatic carbocycles. The van der Waals surface area contributed by atoms with Gasteiger partial charge in [0, 0.05) is 22.1 Å². The maximum Gasteiger partial charge on any atom is 0.343 e. The van der Waals surface area contributed by atoms with Crippen molar-refractivity contribution in [2.45, 2.75) is 33.1 Å². The van der Waals surface area contributed by atoms with Crippen LogP contribution in [0.15, 0.2) is 109 Å². The molecule has 5 amide bonds. The van der Waals surface area contributed by atoms with Gasteiger partial charge in [0.2, 0.25) is 0 Å². The van der Waals surface area contributed by atoms with Gasteiger partial charge < -0.3 is 9.47 Å². The third kappa shape index (κ3) is 7.52. The van der Waals surface area contributed by atoms with Crippen molar-refractivity contribution in [1.82, 2.24) is 10.2 Å². The number of benzene rings is 4. The van der Waals surface area contributed by atoms with E-state index in [1.807, 2.05) is 13.8 Å². The molecule has 0 saturated carbocycles. The molecule has 1 heterocycles. The Balaban J connectivity index is 1.24. The molecular formula is C41H32N2O10. The van der Waals surface area contributed by atoms with E-state index in [9.17, 15) is 38.4 Å². The molecule has 53 heavy (non-hydrogen) atoms. The van der Waals surface area contributed by atoms with E-state index in [2.05, 4.69) is 18.5 Å². The van der Waals surface area contributed by atoms with Gasteiger partial charge in [-0.25, -0.2) is 14.5 Å². The van der Waals surface area contributed by atoms with Crippen LogP contribution in [0.1, 0.15) is 101 Å². The molecule has 5 rings (SSSR count). The smallest absolute Gasteiger partial charge is 0.343 e. The summed E-state index contributed by atoms with van der Waals surface area (Å²) in [5.74, 6) is -5.16. The molecule has 12 nitrogen and oxygen atoms in total. The second-order valence-corrected chi connectivity index (χ2v) is 12.7. The molecule has 1 aliphatic heterocycles. The minimum absolute atomic E-state index is 0.00133. The van der Waals surface area contributed by atoms with Gasteiger partial charge in [0.15, 0.2) is 6.29 Å². The summed E-state index contributed by atoms with van der Waals surface area (Å²) in [4.78, 5) is 100. The molecule has 0 fully saturated rings. The highest BCUT2D eigenvalue weighted by Gasteiger charge is 2.40. The molecule has 0 saturated heterocycles. The third-order valence-electron chi connectivity index (χ3n) is 8.54. The second-order valence-electron chi connectivity index (χ2n) is 12.7. The van der Waals surface area contributed by atoms with Gasteiger partial charge in [-0.3, -0.25) is 34.1 Å². The van der Waals surface area contributed by atoms with Crippen molar-refractivity contribution in [3.63, 3.8) is 0 Å². The lowest BCUT2D eigenvalue weighted by Crippen LogP contribution is -2.36. The second kappa shape index (κ2) is 14.6. The highest BCUT2D eigenvalue weighted by Crippen LogP contribution is 2.34. The Morgan fingerprint density at radius 3 is 1.66 bits per heavy atom. The summed E-state index contributed by atoms with van der Waals surface area (Å²) >= 11 is 0. The largest absolute Gasteiger partial charge is 0.423 e. The van der Waals surface area contributed by atoms with Gasteiger partial charge in [0.25, 0.3) is 29.5 Å². The van der Waals surface area contributed by atoms with Crippen LogP contribution >= 0.6 is 0 Å². The average Bonchev–Trinajstić information content (AvgIpc) is 3.39. The number of esters is 2. The molecule has 1 N–H and O–H groups in total. The SMILES string of the molecule is C=C(C)C(=O)NC(=O)c1cc(C(=O)Oc2ccc(C(C)(C)c3ccc(OC(=O)c4ccc5c(c4)C(=O)N(C(=O)C(=C)C)C5=O)cc3)cc2)ccc1C=O. The number of aldehydes is 1. The molecule has 0 spiro atoms. The Bertz CT molecular complexity index is 2210. The van der Waals surface area contributed by atoms with Crippen LogP contribution in [0, 0.1) is 0 Å². The normalized spacial score (nSPS) is 12.0. The number of nitrogens with one attached hydrogen (secondary N) is 1. The van der Waals surface area contributed by atoms with Crippen LogP contribution < -0.4 is 14.8 Å². The van der Waals surface area contributed by atoms with E-state index < -0.39 is 46.9 Å². The van der Waals surface area contributed by atoms with Gasteiger partial charge in [0.05, 0.1) is 27.8 Å². The summed E-state index contributed by atoms with van der Waals surface area (Å²) in [6.07, 6.45) is 0.435. The number of rotatable bonds is 10. The molecule has 0 bridgehead atoms. The van der Waals surface area contributed by atoms with Gasteiger partial charge in [-0.15, -0.1) is 0 Å². The molecule has 0 unspecified atom stereocenters. The van der Waals surface area contributed by atoms with Crippen LogP contribution in [0.25, 0.3) is 0 Å². The first-order valence-corrected chi connectivity index (χ1v) is 16.0. The molecule has 0 radical (unpaired) electrons. The van der Waals surface area contributed by atoms with Crippen molar-refractivity contribution in [3.8, 4) is 11.5 Å². The molecule has 4 aromatic rings. The Kier molecular flexibility index (Phi) is 10.3. The zero-order chi connectivity index (χ0) is 38.8. The number of imide groups is 4. The van der Waals surface area contributed by atoms with E-state index in [1.54, 1.807) is 48.5 Å². The van der Waals surface area contributed by atoms with Crippen molar-refractivity contribution < 1.29 is 47.8 Å². The predicted octanol–water partition coefficient (Wildman–Crippen LogP) is 5.79. The van der Waals surface area contributed by atoms with Crippen LogP contribution in [0.4, 0.5) is 0 Å². The van der Waals surface area contributed by atoms with Crippen molar-refractivity contribution >= 4 is 47.8 Å². The number of carbonyl (C=O) groups excluding carboxylic acids is 8. The average molecular weight is 713 g/mol. The van der Waals surface area contributed by atoms with E-state index >= 15 is 0 Å². The van der Waals surface area contributed by atoms with Gasteiger partial charge in [-0.1, -0.05) is 57.3 Å². The summed E-state index contributed by atoms with van der Waals surface area (Å²) < 4.78 is 11.0. The fourth-order valence-corrected chi connectivity index (χ4v) is 5.38. The molecule has 1 aliphatic rings. The first kappa shape index (κ1) is 37.2.